The summed E-state index contributed by atoms with van der Waals surface area (Å²) in [6, 6.07) is 8.32. The van der Waals surface area contributed by atoms with Crippen LogP contribution in [0, 0.1) is 12.3 Å². The number of hydrogen-bond donors (Lipinski definition) is 1. The number of fused-ring (bicyclic) bond motifs is 2. The molecular formula is C19H19NO2S. The lowest BCUT2D eigenvalue weighted by atomic mass is 9.80. The first-order valence-electron chi connectivity index (χ1n) is 7.87. The Morgan fingerprint density at radius 2 is 2.13 bits per heavy atom. The van der Waals surface area contributed by atoms with E-state index in [-0.39, 0.29) is 5.92 Å². The van der Waals surface area contributed by atoms with Crippen molar-refractivity contribution in [2.75, 3.05) is 7.11 Å². The minimum atomic E-state index is 0.283. The number of aryl methyl sites for hydroxylation is 2. The molecule has 1 aliphatic carbocycles. The smallest absolute Gasteiger partial charge is 0.188 e. The van der Waals surface area contributed by atoms with Gasteiger partial charge in [-0.25, -0.2) is 0 Å². The molecule has 1 N–H and O–H groups in total. The molecule has 0 radical (unpaired) electrons. The van der Waals surface area contributed by atoms with Crippen LogP contribution in [0.25, 0.3) is 5.76 Å². The summed E-state index contributed by atoms with van der Waals surface area (Å²) >= 11 is 1.79. The first kappa shape index (κ1) is 14.5. The first-order valence-corrected chi connectivity index (χ1v) is 8.75. The average Bonchev–Trinajstić information content (AvgIpc) is 2.99. The third-order valence-corrected chi connectivity index (χ3v) is 5.90. The lowest BCUT2D eigenvalue weighted by molar-refractivity contribution is 0.411. The molecule has 0 bridgehead atoms. The average molecular weight is 325 g/mol. The van der Waals surface area contributed by atoms with Crippen LogP contribution in [0.3, 0.4) is 0 Å². The molecule has 0 amide bonds. The highest BCUT2D eigenvalue weighted by Gasteiger charge is 2.34. The summed E-state index contributed by atoms with van der Waals surface area (Å²) in [7, 11) is 1.68. The van der Waals surface area contributed by atoms with Crippen LogP contribution in [0.1, 0.15) is 40.3 Å². The van der Waals surface area contributed by atoms with E-state index in [2.05, 4.69) is 24.4 Å². The topological polar surface area (TPSA) is 42.3 Å². The van der Waals surface area contributed by atoms with Crippen molar-refractivity contribution in [2.24, 2.45) is 0 Å². The molecule has 4 heteroatoms. The van der Waals surface area contributed by atoms with Gasteiger partial charge in [0.1, 0.15) is 11.5 Å². The molecule has 2 aromatic rings. The Bertz CT molecular complexity index is 819. The van der Waals surface area contributed by atoms with Gasteiger partial charge in [-0.15, -0.1) is 11.3 Å². The lowest BCUT2D eigenvalue weighted by Gasteiger charge is -2.33. The second-order valence-electron chi connectivity index (χ2n) is 6.13. The number of benzene rings is 1. The van der Waals surface area contributed by atoms with E-state index in [1.165, 1.54) is 21.6 Å². The number of thiophene rings is 1. The molecule has 1 aromatic carbocycles. The molecule has 0 saturated carbocycles. The van der Waals surface area contributed by atoms with Crippen molar-refractivity contribution in [3.8, 4) is 5.75 Å². The van der Waals surface area contributed by atoms with Crippen LogP contribution < -0.4 is 4.74 Å². The molecule has 2 heterocycles. The zero-order valence-electron chi connectivity index (χ0n) is 13.3. The molecule has 118 valence electrons. The van der Waals surface area contributed by atoms with E-state index in [9.17, 15) is 0 Å². The summed E-state index contributed by atoms with van der Waals surface area (Å²) < 4.78 is 11.3. The fraction of sp³-hybridized carbons (Fsp3) is 0.316. The molecule has 1 atom stereocenters. The van der Waals surface area contributed by atoms with Gasteiger partial charge in [0.25, 0.3) is 0 Å². The predicted octanol–water partition coefficient (Wildman–Crippen LogP) is 4.90. The van der Waals surface area contributed by atoms with E-state index in [1.807, 2.05) is 12.1 Å². The zero-order chi connectivity index (χ0) is 16.0. The fourth-order valence-corrected chi connectivity index (χ4v) is 4.65. The van der Waals surface area contributed by atoms with E-state index < -0.39 is 0 Å². The summed E-state index contributed by atoms with van der Waals surface area (Å²) in [4.78, 5) is 1.37. The minimum absolute atomic E-state index is 0.283. The Balaban J connectivity index is 1.87. The normalized spacial score (nSPS) is 19.9. The van der Waals surface area contributed by atoms with Crippen molar-refractivity contribution in [3.05, 3.63) is 56.8 Å². The second kappa shape index (κ2) is 5.53. The second-order valence-corrected chi connectivity index (χ2v) is 7.07. The Hall–Kier alpha value is -2.07. The van der Waals surface area contributed by atoms with Gasteiger partial charge in [0.05, 0.1) is 7.11 Å². The van der Waals surface area contributed by atoms with Crippen molar-refractivity contribution in [2.45, 2.75) is 32.1 Å². The predicted molar refractivity (Wildman–Crippen MR) is 93.5 cm³/mol. The summed E-state index contributed by atoms with van der Waals surface area (Å²) in [6.45, 7) is 2.16. The quantitative estimate of drug-likeness (QED) is 0.853. The Kier molecular flexibility index (Phi) is 3.49. The standard InChI is InChI=1S/C19H19NO2S/c1-11-7-8-23-19(11)16-10-17(20)22-18-14(16)6-4-12-3-5-13(21-2)9-15(12)18/h3,5,7-9,16,20H,4,6,10H2,1-2H3. The van der Waals surface area contributed by atoms with Crippen LogP contribution in [0.15, 0.2) is 35.2 Å². The zero-order valence-corrected chi connectivity index (χ0v) is 14.1. The molecular weight excluding hydrogens is 306 g/mol. The highest BCUT2D eigenvalue weighted by atomic mass is 32.1. The van der Waals surface area contributed by atoms with E-state index in [1.54, 1.807) is 18.4 Å². The summed E-state index contributed by atoms with van der Waals surface area (Å²) in [5, 5.41) is 10.3. The molecule has 1 aromatic heterocycles. The number of allylic oxidation sites excluding steroid dienone is 1. The fourth-order valence-electron chi connectivity index (χ4n) is 3.59. The Morgan fingerprint density at radius 1 is 1.26 bits per heavy atom. The summed E-state index contributed by atoms with van der Waals surface area (Å²) in [6.07, 6.45) is 2.69. The number of ether oxygens (including phenoxy) is 2. The highest BCUT2D eigenvalue weighted by Crippen LogP contribution is 2.47. The minimum Gasteiger partial charge on any atom is -0.497 e. The van der Waals surface area contributed by atoms with Crippen molar-refractivity contribution in [3.63, 3.8) is 0 Å². The molecule has 2 aliphatic rings. The first-order chi connectivity index (χ1) is 11.2. The molecule has 0 saturated heterocycles. The molecule has 3 nitrogen and oxygen atoms in total. The maximum Gasteiger partial charge on any atom is 0.188 e. The van der Waals surface area contributed by atoms with Crippen LogP contribution >= 0.6 is 11.3 Å². The number of hydrogen-bond acceptors (Lipinski definition) is 4. The molecule has 1 unspecified atom stereocenters. The van der Waals surface area contributed by atoms with Crippen LogP contribution in [0.4, 0.5) is 0 Å². The van der Waals surface area contributed by atoms with Crippen molar-refractivity contribution < 1.29 is 9.47 Å². The van der Waals surface area contributed by atoms with Gasteiger partial charge in [-0.2, -0.15) is 0 Å². The van der Waals surface area contributed by atoms with Crippen LogP contribution in [-0.4, -0.2) is 13.0 Å². The maximum atomic E-state index is 8.17. The summed E-state index contributed by atoms with van der Waals surface area (Å²) in [5.74, 6) is 2.36. The van der Waals surface area contributed by atoms with E-state index in [0.717, 1.165) is 29.9 Å². The lowest BCUT2D eigenvalue weighted by Crippen LogP contribution is -2.23. The number of rotatable bonds is 2. The largest absolute Gasteiger partial charge is 0.497 e. The van der Waals surface area contributed by atoms with Crippen molar-refractivity contribution in [1.29, 1.82) is 5.41 Å². The van der Waals surface area contributed by atoms with Gasteiger partial charge >= 0.3 is 0 Å². The summed E-state index contributed by atoms with van der Waals surface area (Å²) in [5.41, 5.74) is 5.03. The van der Waals surface area contributed by atoms with Crippen molar-refractivity contribution >= 4 is 23.0 Å². The monoisotopic (exact) mass is 325 g/mol. The van der Waals surface area contributed by atoms with Gasteiger partial charge in [0.15, 0.2) is 5.90 Å². The van der Waals surface area contributed by atoms with Gasteiger partial charge in [0.2, 0.25) is 0 Å². The maximum absolute atomic E-state index is 8.17. The van der Waals surface area contributed by atoms with Gasteiger partial charge in [-0.1, -0.05) is 6.07 Å². The third-order valence-electron chi connectivity index (χ3n) is 4.77. The molecule has 1 aliphatic heterocycles. The third kappa shape index (κ3) is 2.38. The van der Waals surface area contributed by atoms with E-state index >= 15 is 0 Å². The Labute approximate surface area is 140 Å². The highest BCUT2D eigenvalue weighted by molar-refractivity contribution is 7.10. The van der Waals surface area contributed by atoms with Gasteiger partial charge < -0.3 is 9.47 Å². The molecule has 4 rings (SSSR count). The van der Waals surface area contributed by atoms with Gasteiger partial charge in [-0.05, 0) is 60.0 Å². The van der Waals surface area contributed by atoms with E-state index in [4.69, 9.17) is 14.9 Å². The van der Waals surface area contributed by atoms with Crippen LogP contribution in [-0.2, 0) is 11.2 Å². The Morgan fingerprint density at radius 3 is 2.87 bits per heavy atom. The van der Waals surface area contributed by atoms with Crippen molar-refractivity contribution in [1.82, 2.24) is 0 Å². The van der Waals surface area contributed by atoms with Crippen LogP contribution in [0.5, 0.6) is 5.75 Å². The van der Waals surface area contributed by atoms with Gasteiger partial charge in [-0.3, -0.25) is 5.41 Å². The molecule has 0 spiro atoms. The van der Waals surface area contributed by atoms with E-state index in [0.29, 0.717) is 12.3 Å². The van der Waals surface area contributed by atoms with Crippen LogP contribution in [0.2, 0.25) is 0 Å². The SMILES string of the molecule is COc1ccc2c(c1)C1=C(CC2)C(c2sccc2C)CC(=N)O1. The number of nitrogens with one attached hydrogen (secondary N) is 1. The number of methoxy groups -OCH3 is 1. The van der Waals surface area contributed by atoms with Gasteiger partial charge in [0, 0.05) is 22.8 Å². The molecule has 23 heavy (non-hydrogen) atoms. The molecule has 0 fully saturated rings.